The molecule has 0 aromatic heterocycles. The number of anilines is 1. The van der Waals surface area contributed by atoms with Crippen molar-refractivity contribution in [2.75, 3.05) is 18.4 Å². The minimum absolute atomic E-state index is 0.166. The quantitative estimate of drug-likeness (QED) is 0.676. The van der Waals surface area contributed by atoms with Crippen molar-refractivity contribution in [3.05, 3.63) is 96.1 Å². The van der Waals surface area contributed by atoms with E-state index in [1.165, 1.54) is 4.31 Å². The van der Waals surface area contributed by atoms with Crippen LogP contribution < -0.4 is 5.32 Å². The first-order valence-corrected chi connectivity index (χ1v) is 11.0. The van der Waals surface area contributed by atoms with Gasteiger partial charge in [-0.05, 0) is 41.8 Å². The van der Waals surface area contributed by atoms with E-state index in [1.807, 2.05) is 60.7 Å². The molecule has 0 bridgehead atoms. The molecule has 3 aromatic carbocycles. The summed E-state index contributed by atoms with van der Waals surface area (Å²) in [6.07, 6.45) is 0.897. The summed E-state index contributed by atoms with van der Waals surface area (Å²) in [5.74, 6) is -0.623. The van der Waals surface area contributed by atoms with E-state index in [9.17, 15) is 13.2 Å². The normalized spacial score (nSPS) is 14.4. The molecule has 1 fully saturated rings. The summed E-state index contributed by atoms with van der Waals surface area (Å²) in [7, 11) is -3.43. The fourth-order valence-electron chi connectivity index (χ4n) is 3.39. The van der Waals surface area contributed by atoms with Gasteiger partial charge in [-0.1, -0.05) is 60.7 Å². The minimum Gasteiger partial charge on any atom is -0.325 e. The Morgan fingerprint density at radius 1 is 0.793 bits per heavy atom. The van der Waals surface area contributed by atoms with Crippen molar-refractivity contribution in [2.45, 2.75) is 17.2 Å². The molecule has 0 aliphatic carbocycles. The van der Waals surface area contributed by atoms with Gasteiger partial charge >= 0.3 is 0 Å². The molecular formula is C23H22N2O3S. The van der Waals surface area contributed by atoms with Crippen molar-refractivity contribution in [2.24, 2.45) is 0 Å². The summed E-state index contributed by atoms with van der Waals surface area (Å²) in [4.78, 5) is 13.4. The lowest BCUT2D eigenvalue weighted by atomic mass is 9.90. The molecule has 0 spiro atoms. The number of carbonyl (C=O) groups is 1. The summed E-state index contributed by atoms with van der Waals surface area (Å²) >= 11 is 0. The second-order valence-corrected chi connectivity index (χ2v) is 8.96. The number of hydrogen-bond acceptors (Lipinski definition) is 3. The highest BCUT2D eigenvalue weighted by Gasteiger charge is 2.29. The highest BCUT2D eigenvalue weighted by Crippen LogP contribution is 2.27. The van der Waals surface area contributed by atoms with Gasteiger partial charge in [-0.3, -0.25) is 4.79 Å². The third-order valence-electron chi connectivity index (χ3n) is 5.10. The van der Waals surface area contributed by atoms with Gasteiger partial charge in [0.1, 0.15) is 0 Å². The molecule has 1 saturated heterocycles. The molecule has 1 aliphatic heterocycles. The largest absolute Gasteiger partial charge is 0.325 e. The monoisotopic (exact) mass is 406 g/mol. The van der Waals surface area contributed by atoms with Gasteiger partial charge < -0.3 is 5.32 Å². The number of hydrogen-bond donors (Lipinski definition) is 1. The maximum absolute atomic E-state index is 13.1. The summed E-state index contributed by atoms with van der Waals surface area (Å²) in [5, 5.41) is 2.93. The SMILES string of the molecule is O=C(Nc1ccc(S(=O)(=O)N2CCC2)cc1)C(c1ccccc1)c1ccccc1. The minimum atomic E-state index is -3.43. The number of nitrogens with zero attached hydrogens (tertiary/aromatic N) is 1. The molecule has 1 N–H and O–H groups in total. The molecule has 4 rings (SSSR count). The summed E-state index contributed by atoms with van der Waals surface area (Å²) in [5.41, 5.74) is 2.36. The highest BCUT2D eigenvalue weighted by atomic mass is 32.2. The van der Waals surface area contributed by atoms with Crippen molar-refractivity contribution in [3.8, 4) is 0 Å². The van der Waals surface area contributed by atoms with Crippen LogP contribution >= 0.6 is 0 Å². The Labute approximate surface area is 171 Å². The van der Waals surface area contributed by atoms with Crippen LogP contribution in [-0.4, -0.2) is 31.7 Å². The standard InChI is InChI=1S/C23H22N2O3S/c26-23(22(18-8-3-1-4-9-18)19-10-5-2-6-11-19)24-20-12-14-21(15-13-20)29(27,28)25-16-7-17-25/h1-6,8-15,22H,7,16-17H2,(H,24,26). The van der Waals surface area contributed by atoms with Crippen LogP contribution in [0.15, 0.2) is 89.8 Å². The Bertz CT molecular complexity index is 1040. The Morgan fingerprint density at radius 2 is 1.31 bits per heavy atom. The Hall–Kier alpha value is -2.96. The van der Waals surface area contributed by atoms with E-state index in [1.54, 1.807) is 24.3 Å². The van der Waals surface area contributed by atoms with E-state index < -0.39 is 15.9 Å². The molecule has 148 valence electrons. The molecule has 0 radical (unpaired) electrons. The molecular weight excluding hydrogens is 384 g/mol. The Kier molecular flexibility index (Phi) is 5.47. The second kappa shape index (κ2) is 8.19. The molecule has 1 aliphatic rings. The lowest BCUT2D eigenvalue weighted by molar-refractivity contribution is -0.116. The number of nitrogens with one attached hydrogen (secondary N) is 1. The lowest BCUT2D eigenvalue weighted by Crippen LogP contribution is -2.41. The molecule has 0 saturated carbocycles. The zero-order valence-corrected chi connectivity index (χ0v) is 16.7. The highest BCUT2D eigenvalue weighted by molar-refractivity contribution is 7.89. The van der Waals surface area contributed by atoms with Crippen LogP contribution in [0.1, 0.15) is 23.5 Å². The smallest absolute Gasteiger partial charge is 0.243 e. The maximum Gasteiger partial charge on any atom is 0.243 e. The van der Waals surface area contributed by atoms with Gasteiger partial charge in [-0.15, -0.1) is 0 Å². The van der Waals surface area contributed by atoms with E-state index in [2.05, 4.69) is 5.32 Å². The van der Waals surface area contributed by atoms with Crippen molar-refractivity contribution in [3.63, 3.8) is 0 Å². The first-order valence-electron chi connectivity index (χ1n) is 9.57. The van der Waals surface area contributed by atoms with Crippen LogP contribution in [0.2, 0.25) is 0 Å². The molecule has 5 nitrogen and oxygen atoms in total. The topological polar surface area (TPSA) is 66.5 Å². The van der Waals surface area contributed by atoms with Crippen LogP contribution in [0.4, 0.5) is 5.69 Å². The molecule has 6 heteroatoms. The van der Waals surface area contributed by atoms with Gasteiger partial charge in [-0.25, -0.2) is 8.42 Å². The van der Waals surface area contributed by atoms with Gasteiger partial charge in [0.25, 0.3) is 0 Å². The van der Waals surface area contributed by atoms with Crippen LogP contribution in [-0.2, 0) is 14.8 Å². The van der Waals surface area contributed by atoms with Crippen molar-refractivity contribution in [1.82, 2.24) is 4.31 Å². The first kappa shape index (κ1) is 19.4. The number of rotatable bonds is 6. The fourth-order valence-corrected chi connectivity index (χ4v) is 4.90. The molecule has 3 aromatic rings. The fraction of sp³-hybridized carbons (Fsp3) is 0.174. The van der Waals surface area contributed by atoms with Gasteiger partial charge in [-0.2, -0.15) is 4.31 Å². The number of carbonyl (C=O) groups excluding carboxylic acids is 1. The predicted molar refractivity (Wildman–Crippen MR) is 113 cm³/mol. The number of sulfonamides is 1. The van der Waals surface area contributed by atoms with Gasteiger partial charge in [0, 0.05) is 18.8 Å². The zero-order valence-electron chi connectivity index (χ0n) is 15.9. The van der Waals surface area contributed by atoms with Crippen molar-refractivity contribution < 1.29 is 13.2 Å². The molecule has 0 atom stereocenters. The molecule has 29 heavy (non-hydrogen) atoms. The summed E-state index contributed by atoms with van der Waals surface area (Å²) < 4.78 is 26.4. The maximum atomic E-state index is 13.1. The third-order valence-corrected chi connectivity index (χ3v) is 7.02. The average Bonchev–Trinajstić information content (AvgIpc) is 2.68. The summed E-state index contributed by atoms with van der Waals surface area (Å²) in [6.45, 7) is 1.13. The van der Waals surface area contributed by atoms with Gasteiger partial charge in [0.15, 0.2) is 0 Å². The third kappa shape index (κ3) is 4.09. The van der Waals surface area contributed by atoms with Crippen LogP contribution in [0.25, 0.3) is 0 Å². The average molecular weight is 407 g/mol. The molecule has 1 heterocycles. The van der Waals surface area contributed by atoms with Gasteiger partial charge in [0.05, 0.1) is 10.8 Å². The van der Waals surface area contributed by atoms with Crippen LogP contribution in [0.5, 0.6) is 0 Å². The van der Waals surface area contributed by atoms with Crippen molar-refractivity contribution in [1.29, 1.82) is 0 Å². The van der Waals surface area contributed by atoms with Crippen LogP contribution in [0, 0.1) is 0 Å². The summed E-state index contributed by atoms with van der Waals surface area (Å²) in [6, 6.07) is 25.6. The zero-order chi connectivity index (χ0) is 20.3. The number of benzene rings is 3. The molecule has 1 amide bonds. The van der Waals surface area contributed by atoms with E-state index in [0.717, 1.165) is 17.5 Å². The van der Waals surface area contributed by atoms with E-state index in [4.69, 9.17) is 0 Å². The number of amides is 1. The second-order valence-electron chi connectivity index (χ2n) is 7.03. The lowest BCUT2D eigenvalue weighted by Gasteiger charge is -2.29. The van der Waals surface area contributed by atoms with Crippen molar-refractivity contribution >= 4 is 21.6 Å². The predicted octanol–water partition coefficient (Wildman–Crippen LogP) is 3.85. The van der Waals surface area contributed by atoms with Crippen LogP contribution in [0.3, 0.4) is 0 Å². The van der Waals surface area contributed by atoms with Gasteiger partial charge in [0.2, 0.25) is 15.9 Å². The van der Waals surface area contributed by atoms with E-state index in [-0.39, 0.29) is 10.8 Å². The van der Waals surface area contributed by atoms with E-state index >= 15 is 0 Å². The Balaban J connectivity index is 1.56. The van der Waals surface area contributed by atoms with E-state index in [0.29, 0.717) is 18.8 Å². The Morgan fingerprint density at radius 3 is 1.76 bits per heavy atom. The first-order chi connectivity index (χ1) is 14.1. The molecule has 0 unspecified atom stereocenters.